The van der Waals surface area contributed by atoms with Gasteiger partial charge in [-0.15, -0.1) is 0 Å². The Balaban J connectivity index is 1.74. The second kappa shape index (κ2) is 8.54. The first-order valence-electron chi connectivity index (χ1n) is 8.65. The lowest BCUT2D eigenvalue weighted by Crippen LogP contribution is -2.35. The number of hydrogen-bond acceptors (Lipinski definition) is 3. The molecule has 1 aliphatic carbocycles. The minimum atomic E-state index is 0.415. The molecule has 0 amide bonds. The quantitative estimate of drug-likeness (QED) is 0.794. The molecule has 1 fully saturated rings. The standard InChI is InChI=1S/C17H31N3O/c1-4-16(5-2)20-12-11-15(19-20)13-21-17-9-7-14(8-10-17)18-6-3/h11-12,14,16-18H,4-10,13H2,1-3H3. The van der Waals surface area contributed by atoms with Crippen LogP contribution in [-0.2, 0) is 11.3 Å². The lowest BCUT2D eigenvalue weighted by molar-refractivity contribution is 0.00963. The van der Waals surface area contributed by atoms with Gasteiger partial charge in [-0.25, -0.2) is 0 Å². The Morgan fingerprint density at radius 2 is 1.95 bits per heavy atom. The molecule has 1 saturated carbocycles. The van der Waals surface area contributed by atoms with E-state index in [9.17, 15) is 0 Å². The van der Waals surface area contributed by atoms with Crippen LogP contribution in [0.1, 0.15) is 71.0 Å². The van der Waals surface area contributed by atoms with Crippen LogP contribution in [0.2, 0.25) is 0 Å². The number of ether oxygens (including phenoxy) is 1. The molecule has 1 N–H and O–H groups in total. The Labute approximate surface area is 129 Å². The highest BCUT2D eigenvalue weighted by Crippen LogP contribution is 2.22. The van der Waals surface area contributed by atoms with Crippen molar-refractivity contribution in [2.75, 3.05) is 6.54 Å². The number of hydrogen-bond donors (Lipinski definition) is 1. The summed E-state index contributed by atoms with van der Waals surface area (Å²) in [5.41, 5.74) is 1.07. The predicted molar refractivity (Wildman–Crippen MR) is 86.4 cm³/mol. The van der Waals surface area contributed by atoms with E-state index in [2.05, 4.69) is 48.1 Å². The lowest BCUT2D eigenvalue weighted by atomic mass is 9.93. The van der Waals surface area contributed by atoms with Crippen LogP contribution in [0.3, 0.4) is 0 Å². The summed E-state index contributed by atoms with van der Waals surface area (Å²) < 4.78 is 8.15. The topological polar surface area (TPSA) is 39.1 Å². The number of aromatic nitrogens is 2. The predicted octanol–water partition coefficient (Wildman–Crippen LogP) is 3.68. The maximum absolute atomic E-state index is 6.05. The van der Waals surface area contributed by atoms with Gasteiger partial charge < -0.3 is 10.1 Å². The lowest BCUT2D eigenvalue weighted by Gasteiger charge is -2.28. The highest BCUT2D eigenvalue weighted by atomic mass is 16.5. The van der Waals surface area contributed by atoms with Crippen molar-refractivity contribution in [2.24, 2.45) is 0 Å². The van der Waals surface area contributed by atoms with E-state index in [1.165, 1.54) is 25.7 Å². The molecule has 1 heterocycles. The zero-order valence-corrected chi connectivity index (χ0v) is 13.8. The molecule has 1 aliphatic rings. The third-order valence-electron chi connectivity index (χ3n) is 4.61. The first-order chi connectivity index (χ1) is 10.3. The fourth-order valence-electron chi connectivity index (χ4n) is 3.25. The van der Waals surface area contributed by atoms with E-state index in [-0.39, 0.29) is 0 Å². The summed E-state index contributed by atoms with van der Waals surface area (Å²) in [6, 6.07) is 3.32. The summed E-state index contributed by atoms with van der Waals surface area (Å²) in [6.07, 6.45) is 9.59. The third-order valence-corrected chi connectivity index (χ3v) is 4.61. The van der Waals surface area contributed by atoms with Crippen LogP contribution in [0.25, 0.3) is 0 Å². The van der Waals surface area contributed by atoms with Gasteiger partial charge in [0.2, 0.25) is 0 Å². The maximum Gasteiger partial charge on any atom is 0.0910 e. The van der Waals surface area contributed by atoms with Gasteiger partial charge >= 0.3 is 0 Å². The van der Waals surface area contributed by atoms with Gasteiger partial charge in [0.25, 0.3) is 0 Å². The van der Waals surface area contributed by atoms with Crippen LogP contribution in [0.5, 0.6) is 0 Å². The Morgan fingerprint density at radius 3 is 2.57 bits per heavy atom. The van der Waals surface area contributed by atoms with E-state index >= 15 is 0 Å². The van der Waals surface area contributed by atoms with Gasteiger partial charge in [0.05, 0.1) is 24.4 Å². The van der Waals surface area contributed by atoms with Crippen LogP contribution in [0.4, 0.5) is 0 Å². The Hall–Kier alpha value is -0.870. The van der Waals surface area contributed by atoms with Gasteiger partial charge in [0.15, 0.2) is 0 Å². The number of nitrogens with zero attached hydrogens (tertiary/aromatic N) is 2. The fraction of sp³-hybridized carbons (Fsp3) is 0.824. The molecule has 120 valence electrons. The molecule has 2 rings (SSSR count). The maximum atomic E-state index is 6.05. The van der Waals surface area contributed by atoms with Gasteiger partial charge in [-0.05, 0) is 51.1 Å². The smallest absolute Gasteiger partial charge is 0.0910 e. The molecule has 4 heteroatoms. The van der Waals surface area contributed by atoms with Gasteiger partial charge in [-0.3, -0.25) is 4.68 Å². The minimum Gasteiger partial charge on any atom is -0.372 e. The van der Waals surface area contributed by atoms with Crippen LogP contribution < -0.4 is 5.32 Å². The van der Waals surface area contributed by atoms with Gasteiger partial charge in [0.1, 0.15) is 0 Å². The molecule has 21 heavy (non-hydrogen) atoms. The van der Waals surface area contributed by atoms with Crippen molar-refractivity contribution >= 4 is 0 Å². The summed E-state index contributed by atoms with van der Waals surface area (Å²) in [6.45, 7) is 8.34. The summed E-state index contributed by atoms with van der Waals surface area (Å²) in [5, 5.41) is 8.20. The van der Waals surface area contributed by atoms with Crippen LogP contribution >= 0.6 is 0 Å². The van der Waals surface area contributed by atoms with Crippen molar-refractivity contribution in [3.8, 4) is 0 Å². The largest absolute Gasteiger partial charge is 0.372 e. The molecular formula is C17H31N3O. The molecule has 0 unspecified atom stereocenters. The molecule has 1 aromatic rings. The van der Waals surface area contributed by atoms with Crippen molar-refractivity contribution in [3.05, 3.63) is 18.0 Å². The fourth-order valence-corrected chi connectivity index (χ4v) is 3.25. The SMILES string of the molecule is CCNC1CCC(OCc2ccn(C(CC)CC)n2)CC1. The molecule has 0 saturated heterocycles. The van der Waals surface area contributed by atoms with Crippen LogP contribution in [0, 0.1) is 0 Å². The first-order valence-corrected chi connectivity index (χ1v) is 8.65. The molecule has 1 aromatic heterocycles. The van der Waals surface area contributed by atoms with Gasteiger partial charge in [-0.1, -0.05) is 20.8 Å². The van der Waals surface area contributed by atoms with Crippen molar-refractivity contribution in [3.63, 3.8) is 0 Å². The zero-order valence-electron chi connectivity index (χ0n) is 13.8. The van der Waals surface area contributed by atoms with Gasteiger partial charge in [-0.2, -0.15) is 5.10 Å². The first kappa shape index (κ1) is 16.5. The van der Waals surface area contributed by atoms with E-state index in [0.29, 0.717) is 24.8 Å². The number of rotatable bonds is 8. The second-order valence-electron chi connectivity index (χ2n) is 6.10. The molecule has 4 nitrogen and oxygen atoms in total. The van der Waals surface area contributed by atoms with E-state index < -0.39 is 0 Å². The normalized spacial score (nSPS) is 22.9. The van der Waals surface area contributed by atoms with Crippen molar-refractivity contribution in [1.82, 2.24) is 15.1 Å². The molecule has 0 bridgehead atoms. The Morgan fingerprint density at radius 1 is 1.24 bits per heavy atom. The second-order valence-corrected chi connectivity index (χ2v) is 6.10. The molecule has 0 radical (unpaired) electrons. The number of nitrogens with one attached hydrogen (secondary N) is 1. The van der Waals surface area contributed by atoms with E-state index in [4.69, 9.17) is 4.74 Å². The Bertz CT molecular complexity index is 392. The Kier molecular flexibility index (Phi) is 6.71. The molecule has 0 aromatic carbocycles. The summed E-state index contributed by atoms with van der Waals surface area (Å²) in [4.78, 5) is 0. The molecular weight excluding hydrogens is 262 g/mol. The van der Waals surface area contributed by atoms with Crippen molar-refractivity contribution < 1.29 is 4.74 Å². The highest BCUT2D eigenvalue weighted by molar-refractivity contribution is 4.98. The summed E-state index contributed by atoms with van der Waals surface area (Å²) in [7, 11) is 0. The van der Waals surface area contributed by atoms with Crippen LogP contribution in [-0.4, -0.2) is 28.5 Å². The van der Waals surface area contributed by atoms with E-state index in [1.54, 1.807) is 0 Å². The van der Waals surface area contributed by atoms with Crippen LogP contribution in [0.15, 0.2) is 12.3 Å². The van der Waals surface area contributed by atoms with Crippen molar-refractivity contribution in [2.45, 2.75) is 84.1 Å². The zero-order chi connectivity index (χ0) is 15.1. The highest BCUT2D eigenvalue weighted by Gasteiger charge is 2.21. The van der Waals surface area contributed by atoms with Gasteiger partial charge in [0, 0.05) is 12.2 Å². The molecule has 0 atom stereocenters. The minimum absolute atomic E-state index is 0.415. The molecule has 0 aliphatic heterocycles. The summed E-state index contributed by atoms with van der Waals surface area (Å²) in [5.74, 6) is 0. The van der Waals surface area contributed by atoms with E-state index in [1.807, 2.05) is 0 Å². The average molecular weight is 293 g/mol. The summed E-state index contributed by atoms with van der Waals surface area (Å²) >= 11 is 0. The third kappa shape index (κ3) is 4.82. The molecule has 0 spiro atoms. The monoisotopic (exact) mass is 293 g/mol. The average Bonchev–Trinajstić information content (AvgIpc) is 2.97. The van der Waals surface area contributed by atoms with Crippen molar-refractivity contribution in [1.29, 1.82) is 0 Å². The van der Waals surface area contributed by atoms with E-state index in [0.717, 1.165) is 25.1 Å².